The highest BCUT2D eigenvalue weighted by molar-refractivity contribution is 6.32. The average molecular weight is 637 g/mol. The number of hydroxylamine groups is 2. The second kappa shape index (κ2) is 12.5. The van der Waals surface area contributed by atoms with E-state index in [-0.39, 0.29) is 34.5 Å². The summed E-state index contributed by atoms with van der Waals surface area (Å²) in [7, 11) is 0. The van der Waals surface area contributed by atoms with Crippen molar-refractivity contribution in [2.45, 2.75) is 38.2 Å². The SMILES string of the molecule is O=C(c1ccc(Cl)cc1)N1CC(=O)[N+](Cc2ccc(OC3CCNCC3)cc2)(OC(=O)C(F)(F)F)c2cccc(Cl)c2C1. The molecule has 2 heterocycles. The molecule has 0 spiro atoms. The monoisotopic (exact) mass is 636 g/mol. The number of carbonyl (C=O) groups is 3. The molecule has 5 rings (SSSR count). The van der Waals surface area contributed by atoms with Crippen LogP contribution in [0.1, 0.15) is 34.3 Å². The van der Waals surface area contributed by atoms with Gasteiger partial charge in [-0.3, -0.25) is 9.63 Å². The Bertz CT molecular complexity index is 1510. The average Bonchev–Trinajstić information content (AvgIpc) is 3.09. The van der Waals surface area contributed by atoms with Crippen LogP contribution in [0.4, 0.5) is 18.9 Å². The highest BCUT2D eigenvalue weighted by Gasteiger charge is 2.55. The van der Waals surface area contributed by atoms with Gasteiger partial charge in [-0.1, -0.05) is 29.3 Å². The van der Waals surface area contributed by atoms with Crippen LogP contribution < -0.4 is 14.7 Å². The van der Waals surface area contributed by atoms with Gasteiger partial charge in [0.25, 0.3) is 5.91 Å². The maximum Gasteiger partial charge on any atom is 0.497 e. The van der Waals surface area contributed by atoms with Gasteiger partial charge in [0, 0.05) is 22.2 Å². The number of fused-ring (bicyclic) bond motifs is 1. The summed E-state index contributed by atoms with van der Waals surface area (Å²) in [6.07, 6.45) is -3.73. The van der Waals surface area contributed by atoms with Crippen LogP contribution in [0, 0.1) is 0 Å². The third-order valence-electron chi connectivity index (χ3n) is 7.33. The molecule has 226 valence electrons. The van der Waals surface area contributed by atoms with Gasteiger partial charge in [-0.05, 0) is 85.2 Å². The predicted molar refractivity (Wildman–Crippen MR) is 153 cm³/mol. The molecule has 3 aromatic carbocycles. The van der Waals surface area contributed by atoms with Crippen LogP contribution >= 0.6 is 23.2 Å². The molecule has 2 amide bonds. The lowest BCUT2D eigenvalue weighted by molar-refractivity contribution is -0.235. The molecule has 13 heteroatoms. The van der Waals surface area contributed by atoms with Gasteiger partial charge in [0.05, 0.1) is 17.1 Å². The smallest absolute Gasteiger partial charge is 0.490 e. The van der Waals surface area contributed by atoms with Crippen LogP contribution in [-0.4, -0.2) is 54.6 Å². The van der Waals surface area contributed by atoms with Crippen molar-refractivity contribution < 1.29 is 37.1 Å². The number of nitrogens with one attached hydrogen (secondary N) is 1. The van der Waals surface area contributed by atoms with Gasteiger partial charge in [0.15, 0.2) is 12.2 Å². The highest BCUT2D eigenvalue weighted by atomic mass is 35.5. The molecule has 2 aliphatic heterocycles. The van der Waals surface area contributed by atoms with Crippen molar-refractivity contribution >= 4 is 46.7 Å². The Morgan fingerprint density at radius 1 is 0.953 bits per heavy atom. The van der Waals surface area contributed by atoms with E-state index < -0.39 is 41.7 Å². The van der Waals surface area contributed by atoms with Crippen LogP contribution in [-0.2, 0) is 27.5 Å². The molecule has 1 atom stereocenters. The molecule has 2 aliphatic rings. The molecule has 0 saturated carbocycles. The third-order valence-corrected chi connectivity index (χ3v) is 7.93. The Labute approximate surface area is 255 Å². The maximum absolute atomic E-state index is 14.0. The van der Waals surface area contributed by atoms with Crippen LogP contribution in [0.15, 0.2) is 66.7 Å². The predicted octanol–water partition coefficient (Wildman–Crippen LogP) is 5.83. The summed E-state index contributed by atoms with van der Waals surface area (Å²) >= 11 is 12.5. The van der Waals surface area contributed by atoms with Crippen molar-refractivity contribution in [1.82, 2.24) is 14.9 Å². The molecule has 0 aliphatic carbocycles. The number of hydrogen-bond acceptors (Lipinski definition) is 6. The normalized spacial score (nSPS) is 19.4. The number of alkyl halides is 3. The number of amides is 2. The minimum absolute atomic E-state index is 0.0172. The Kier molecular flexibility index (Phi) is 8.98. The van der Waals surface area contributed by atoms with Crippen molar-refractivity contribution in [2.24, 2.45) is 0 Å². The molecule has 1 fully saturated rings. The fourth-order valence-electron chi connectivity index (χ4n) is 5.15. The lowest BCUT2D eigenvalue weighted by Crippen LogP contribution is -2.58. The Balaban J connectivity index is 1.54. The molecule has 0 radical (unpaired) electrons. The molecule has 43 heavy (non-hydrogen) atoms. The van der Waals surface area contributed by atoms with Crippen LogP contribution in [0.25, 0.3) is 0 Å². The molecule has 3 aromatic rings. The topological polar surface area (TPSA) is 84.9 Å². The quantitative estimate of drug-likeness (QED) is 0.343. The Morgan fingerprint density at radius 3 is 2.28 bits per heavy atom. The van der Waals surface area contributed by atoms with Crippen molar-refractivity contribution in [2.75, 3.05) is 19.6 Å². The van der Waals surface area contributed by atoms with Gasteiger partial charge in [-0.2, -0.15) is 13.2 Å². The first kappa shape index (κ1) is 30.8. The summed E-state index contributed by atoms with van der Waals surface area (Å²) in [5.74, 6) is -3.57. The summed E-state index contributed by atoms with van der Waals surface area (Å²) in [5.41, 5.74) is 0.654. The van der Waals surface area contributed by atoms with Crippen LogP contribution in [0.2, 0.25) is 10.0 Å². The van der Waals surface area contributed by atoms with Crippen LogP contribution in [0.3, 0.4) is 0 Å². The van der Waals surface area contributed by atoms with E-state index in [0.717, 1.165) is 30.8 Å². The molecule has 1 unspecified atom stereocenters. The molecule has 0 aromatic heterocycles. The van der Waals surface area contributed by atoms with E-state index in [4.69, 9.17) is 32.8 Å². The van der Waals surface area contributed by atoms with Gasteiger partial charge in [-0.25, -0.2) is 9.59 Å². The number of nitrogens with zero attached hydrogens (tertiary/aromatic N) is 2. The first-order chi connectivity index (χ1) is 20.5. The fourth-order valence-corrected chi connectivity index (χ4v) is 5.51. The van der Waals surface area contributed by atoms with Crippen molar-refractivity contribution in [3.05, 3.63) is 93.5 Å². The number of ether oxygens (including phenoxy) is 1. The number of hydrogen-bond donors (Lipinski definition) is 1. The van der Waals surface area contributed by atoms with E-state index in [1.54, 1.807) is 24.3 Å². The van der Waals surface area contributed by atoms with Gasteiger partial charge in [0.1, 0.15) is 18.4 Å². The number of rotatable bonds is 6. The standard InChI is InChI=1S/C30H27Cl2F3N3O5/c31-21-8-6-20(7-9-21)28(40)37-16-24-25(32)2-1-3-26(24)38(27(39)17-37,43-29(41)30(33,34)35)18-19-4-10-22(11-5-19)42-23-12-14-36-15-13-23/h1-11,23,36H,12-18H2/q+1. The number of carbonyl (C=O) groups excluding carboxylic acids is 3. The molecule has 8 nitrogen and oxygen atoms in total. The zero-order valence-corrected chi connectivity index (χ0v) is 24.2. The van der Waals surface area contributed by atoms with Crippen molar-refractivity contribution in [3.8, 4) is 5.75 Å². The van der Waals surface area contributed by atoms with E-state index in [1.807, 2.05) is 0 Å². The van der Waals surface area contributed by atoms with E-state index in [9.17, 15) is 27.6 Å². The van der Waals surface area contributed by atoms with E-state index in [1.165, 1.54) is 42.5 Å². The summed E-state index contributed by atoms with van der Waals surface area (Å²) in [6.45, 7) is 0.262. The minimum atomic E-state index is -5.40. The van der Waals surface area contributed by atoms with Gasteiger partial charge >= 0.3 is 18.1 Å². The second-order valence-electron chi connectivity index (χ2n) is 10.3. The van der Waals surface area contributed by atoms with Crippen molar-refractivity contribution in [1.29, 1.82) is 0 Å². The molecule has 1 N–H and O–H groups in total. The number of benzene rings is 3. The zero-order valence-electron chi connectivity index (χ0n) is 22.7. The third kappa shape index (κ3) is 6.80. The number of halogens is 5. The summed E-state index contributed by atoms with van der Waals surface area (Å²) < 4.78 is 45.4. The first-order valence-electron chi connectivity index (χ1n) is 13.5. The number of piperidine rings is 1. The zero-order chi connectivity index (χ0) is 30.8. The van der Waals surface area contributed by atoms with Gasteiger partial charge in [-0.15, -0.1) is 0 Å². The van der Waals surface area contributed by atoms with E-state index >= 15 is 0 Å². The first-order valence-corrected chi connectivity index (χ1v) is 14.2. The second-order valence-corrected chi connectivity index (χ2v) is 11.1. The molecule has 0 bridgehead atoms. The fraction of sp³-hybridized carbons (Fsp3) is 0.300. The Hall–Kier alpha value is -3.64. The number of quaternary nitrogens is 1. The molecular formula is C30H27Cl2F3N3O5+. The van der Waals surface area contributed by atoms with Crippen LogP contribution in [0.5, 0.6) is 5.75 Å². The lowest BCUT2D eigenvalue weighted by atomic mass is 10.1. The van der Waals surface area contributed by atoms with Gasteiger partial charge < -0.3 is 15.0 Å². The van der Waals surface area contributed by atoms with E-state index in [2.05, 4.69) is 5.32 Å². The highest BCUT2D eigenvalue weighted by Crippen LogP contribution is 2.40. The minimum Gasteiger partial charge on any atom is -0.490 e. The maximum atomic E-state index is 14.0. The largest absolute Gasteiger partial charge is 0.497 e. The Morgan fingerprint density at radius 2 is 1.63 bits per heavy atom. The molecular weight excluding hydrogens is 610 g/mol. The lowest BCUT2D eigenvalue weighted by Gasteiger charge is -2.32. The van der Waals surface area contributed by atoms with Gasteiger partial charge in [0.2, 0.25) is 0 Å². The summed E-state index contributed by atoms with van der Waals surface area (Å²) in [6, 6.07) is 16.7. The van der Waals surface area contributed by atoms with Crippen molar-refractivity contribution in [3.63, 3.8) is 0 Å². The molecule has 1 saturated heterocycles. The summed E-state index contributed by atoms with van der Waals surface area (Å²) in [5, 5.41) is 3.72. The van der Waals surface area contributed by atoms with E-state index in [0.29, 0.717) is 16.3 Å². The summed E-state index contributed by atoms with van der Waals surface area (Å²) in [4.78, 5) is 46.1.